The second-order valence-corrected chi connectivity index (χ2v) is 2.19. The van der Waals surface area contributed by atoms with Crippen molar-refractivity contribution in [3.63, 3.8) is 0 Å². The third-order valence-electron chi connectivity index (χ3n) is 1.05. The first kappa shape index (κ1) is 16.7. The van der Waals surface area contributed by atoms with Gasteiger partial charge in [0.05, 0.1) is 18.1 Å². The van der Waals surface area contributed by atoms with Gasteiger partial charge in [-0.25, -0.2) is 0 Å². The monoisotopic (exact) mass is 226 g/mol. The van der Waals surface area contributed by atoms with Gasteiger partial charge in [0.15, 0.2) is 0 Å². The molecule has 6 heteroatoms. The van der Waals surface area contributed by atoms with E-state index in [2.05, 4.69) is 25.7 Å². The molecule has 0 radical (unpaired) electrons. The first-order valence-electron chi connectivity index (χ1n) is 5.41. The van der Waals surface area contributed by atoms with E-state index in [0.717, 1.165) is 5.69 Å². The van der Waals surface area contributed by atoms with Gasteiger partial charge < -0.3 is 0 Å². The molecule has 0 bridgehead atoms. The van der Waals surface area contributed by atoms with Crippen LogP contribution in [0.4, 0.5) is 0 Å². The highest BCUT2D eigenvalue weighted by Crippen LogP contribution is 1.82. The summed E-state index contributed by atoms with van der Waals surface area (Å²) < 4.78 is 1.68. The highest BCUT2D eigenvalue weighted by atomic mass is 15.4. The normalized spacial score (nSPS) is 7.38. The van der Waals surface area contributed by atoms with Crippen molar-refractivity contribution in [2.75, 3.05) is 0 Å². The van der Waals surface area contributed by atoms with Crippen LogP contribution in [0, 0.1) is 6.92 Å². The fourth-order valence-electron chi connectivity index (χ4n) is 0.630. The Labute approximate surface area is 97.1 Å². The highest BCUT2D eigenvalue weighted by Gasteiger charge is 1.83. The van der Waals surface area contributed by atoms with Crippen molar-refractivity contribution >= 4 is 0 Å². The number of hydrogen-bond donors (Lipinski definition) is 1. The lowest BCUT2D eigenvalue weighted by Gasteiger charge is -1.75. The Kier molecular flexibility index (Phi) is 13.9. The first-order chi connectivity index (χ1) is 7.79. The summed E-state index contributed by atoms with van der Waals surface area (Å²) in [5, 5.41) is 16.7. The summed E-state index contributed by atoms with van der Waals surface area (Å²) in [6.07, 6.45) is 5.03. The van der Waals surface area contributed by atoms with Gasteiger partial charge in [0.25, 0.3) is 0 Å². The van der Waals surface area contributed by atoms with Crippen molar-refractivity contribution in [1.29, 1.82) is 0 Å². The van der Waals surface area contributed by atoms with E-state index in [1.165, 1.54) is 0 Å². The van der Waals surface area contributed by atoms with Gasteiger partial charge in [-0.1, -0.05) is 32.9 Å². The molecule has 16 heavy (non-hydrogen) atoms. The predicted molar refractivity (Wildman–Crippen MR) is 64.8 cm³/mol. The van der Waals surface area contributed by atoms with Crippen molar-refractivity contribution in [2.24, 2.45) is 7.05 Å². The van der Waals surface area contributed by atoms with Crippen molar-refractivity contribution < 1.29 is 0 Å². The van der Waals surface area contributed by atoms with E-state index in [0.29, 0.717) is 0 Å². The minimum Gasteiger partial charge on any atom is -0.255 e. The summed E-state index contributed by atoms with van der Waals surface area (Å²) in [6, 6.07) is 0. The molecule has 0 aromatic carbocycles. The molecule has 2 aromatic rings. The third-order valence-corrected chi connectivity index (χ3v) is 1.05. The van der Waals surface area contributed by atoms with Crippen LogP contribution in [-0.2, 0) is 7.05 Å². The Hall–Kier alpha value is -1.72. The highest BCUT2D eigenvalue weighted by molar-refractivity contribution is 4.85. The lowest BCUT2D eigenvalue weighted by molar-refractivity contribution is 0.714. The maximum atomic E-state index is 3.73. The number of hydrogen-bond acceptors (Lipinski definition) is 4. The lowest BCUT2D eigenvalue weighted by atomic mass is 10.6. The zero-order valence-electron chi connectivity index (χ0n) is 11.0. The molecule has 0 saturated carbocycles. The Bertz CT molecular complexity index is 267. The minimum absolute atomic E-state index is 0.961. The van der Waals surface area contributed by atoms with Crippen LogP contribution in [0.5, 0.6) is 0 Å². The molecule has 1 N–H and O–H groups in total. The molecular formula is C10H22N6. The molecule has 2 rings (SSSR count). The summed E-state index contributed by atoms with van der Waals surface area (Å²) in [6.45, 7) is 9.91. The predicted octanol–water partition coefficient (Wildman–Crippen LogP) is 1.98. The second kappa shape index (κ2) is 13.3. The van der Waals surface area contributed by atoms with Crippen LogP contribution >= 0.6 is 0 Å². The van der Waals surface area contributed by atoms with Gasteiger partial charge in [0.2, 0.25) is 0 Å². The van der Waals surface area contributed by atoms with Crippen LogP contribution in [0.2, 0.25) is 0 Å². The topological polar surface area (TPSA) is 72.3 Å². The van der Waals surface area contributed by atoms with Crippen LogP contribution in [0.1, 0.15) is 33.4 Å². The zero-order chi connectivity index (χ0) is 12.8. The van der Waals surface area contributed by atoms with Gasteiger partial charge in [-0.2, -0.15) is 15.4 Å². The number of aromatic amines is 1. The average molecular weight is 226 g/mol. The molecule has 0 aliphatic rings. The Morgan fingerprint density at radius 2 is 1.56 bits per heavy atom. The van der Waals surface area contributed by atoms with E-state index < -0.39 is 0 Å². The number of aryl methyl sites for hydroxylation is 2. The molecule has 92 valence electrons. The van der Waals surface area contributed by atoms with Crippen LogP contribution in [0.3, 0.4) is 0 Å². The Morgan fingerprint density at radius 3 is 1.69 bits per heavy atom. The van der Waals surface area contributed by atoms with Gasteiger partial charge in [0.1, 0.15) is 0 Å². The molecule has 2 aromatic heterocycles. The summed E-state index contributed by atoms with van der Waals surface area (Å²) >= 11 is 0. The van der Waals surface area contributed by atoms with Gasteiger partial charge in [-0.15, -0.1) is 5.10 Å². The van der Waals surface area contributed by atoms with Crippen molar-refractivity contribution in [3.05, 3.63) is 24.3 Å². The lowest BCUT2D eigenvalue weighted by Crippen LogP contribution is -1.85. The quantitative estimate of drug-likeness (QED) is 0.745. The largest absolute Gasteiger partial charge is 0.255 e. The smallest absolute Gasteiger partial charge is 0.0796 e. The van der Waals surface area contributed by atoms with Crippen LogP contribution in [0.15, 0.2) is 18.6 Å². The van der Waals surface area contributed by atoms with E-state index >= 15 is 0 Å². The van der Waals surface area contributed by atoms with Crippen molar-refractivity contribution in [3.8, 4) is 0 Å². The number of nitrogens with one attached hydrogen (secondary N) is 1. The van der Waals surface area contributed by atoms with Gasteiger partial charge in [0, 0.05) is 13.2 Å². The Balaban J connectivity index is 0. The molecular weight excluding hydrogens is 204 g/mol. The molecule has 2 heterocycles. The molecule has 6 nitrogen and oxygen atoms in total. The summed E-state index contributed by atoms with van der Waals surface area (Å²) in [5.74, 6) is 0. The maximum Gasteiger partial charge on any atom is 0.0796 e. The molecule has 0 unspecified atom stereocenters. The molecule has 0 aliphatic heterocycles. The summed E-state index contributed by atoms with van der Waals surface area (Å²) in [4.78, 5) is 0. The van der Waals surface area contributed by atoms with E-state index in [4.69, 9.17) is 0 Å². The third kappa shape index (κ3) is 10.4. The number of H-pyrrole nitrogens is 1. The fourth-order valence-corrected chi connectivity index (χ4v) is 0.630. The van der Waals surface area contributed by atoms with Gasteiger partial charge in [-0.05, 0) is 6.92 Å². The standard InChI is InChI=1S/C4H7N3.C2H3N3.2C2H6/c1-4-3-7(2)6-5-4;1-2-4-5-3-1;2*1-2/h3H,1-2H3;1-2H,(H,3,4,5);2*1-2H3. The molecule has 0 aliphatic carbocycles. The van der Waals surface area contributed by atoms with Crippen molar-refractivity contribution in [2.45, 2.75) is 34.6 Å². The summed E-state index contributed by atoms with van der Waals surface area (Å²) in [7, 11) is 1.85. The first-order valence-corrected chi connectivity index (χ1v) is 5.41. The minimum atomic E-state index is 0.961. The maximum absolute atomic E-state index is 3.73. The number of rotatable bonds is 0. The van der Waals surface area contributed by atoms with E-state index in [9.17, 15) is 0 Å². The molecule has 0 amide bonds. The van der Waals surface area contributed by atoms with Gasteiger partial charge in [-0.3, -0.25) is 4.68 Å². The fraction of sp³-hybridized carbons (Fsp3) is 0.600. The average Bonchev–Trinajstić information content (AvgIpc) is 2.99. The van der Waals surface area contributed by atoms with Crippen molar-refractivity contribution in [1.82, 2.24) is 30.4 Å². The van der Waals surface area contributed by atoms with E-state index in [1.54, 1.807) is 17.1 Å². The SMILES string of the molecule is CC.CC.Cc1cn(C)nn1.c1cn[nH]n1. The van der Waals surface area contributed by atoms with E-state index in [-0.39, 0.29) is 0 Å². The molecule has 0 fully saturated rings. The zero-order valence-corrected chi connectivity index (χ0v) is 11.0. The van der Waals surface area contributed by atoms with E-state index in [1.807, 2.05) is 47.9 Å². The second-order valence-electron chi connectivity index (χ2n) is 2.19. The van der Waals surface area contributed by atoms with Crippen LogP contribution < -0.4 is 0 Å². The summed E-state index contributed by atoms with van der Waals surface area (Å²) in [5.41, 5.74) is 0.961. The van der Waals surface area contributed by atoms with Gasteiger partial charge >= 0.3 is 0 Å². The molecule has 0 spiro atoms. The molecule has 0 saturated heterocycles. The van der Waals surface area contributed by atoms with Crippen LogP contribution in [-0.4, -0.2) is 30.4 Å². The Morgan fingerprint density at radius 1 is 1.06 bits per heavy atom. The number of nitrogens with zero attached hydrogens (tertiary/aromatic N) is 5. The molecule has 0 atom stereocenters. The number of aromatic nitrogens is 6. The van der Waals surface area contributed by atoms with Crippen LogP contribution in [0.25, 0.3) is 0 Å².